The Morgan fingerprint density at radius 1 is 0.750 bits per heavy atom. The smallest absolute Gasteiger partial charge is 0.261 e. The van der Waals surface area contributed by atoms with Crippen molar-refractivity contribution in [1.29, 1.82) is 0 Å². The van der Waals surface area contributed by atoms with E-state index in [1.807, 2.05) is 98.8 Å². The van der Waals surface area contributed by atoms with E-state index in [2.05, 4.69) is 0 Å². The molecule has 0 radical (unpaired) electrons. The topological polar surface area (TPSA) is 26.3 Å². The number of hydrogen-bond donors (Lipinski definition) is 0. The van der Waals surface area contributed by atoms with Crippen molar-refractivity contribution >= 4 is 18.0 Å². The fourth-order valence-corrected chi connectivity index (χ4v) is 4.88. The van der Waals surface area contributed by atoms with Crippen LogP contribution in [0, 0.1) is 6.92 Å². The molecule has 0 saturated carbocycles. The minimum absolute atomic E-state index is 0.267. The molecule has 122 valence electrons. The van der Waals surface area contributed by atoms with Gasteiger partial charge in [-0.15, -0.1) is 0 Å². The van der Waals surface area contributed by atoms with Crippen molar-refractivity contribution in [2.75, 3.05) is 0 Å². The van der Waals surface area contributed by atoms with E-state index in [-0.39, 0.29) is 6.10 Å². The molecule has 0 heterocycles. The molecule has 0 spiro atoms. The van der Waals surface area contributed by atoms with E-state index in [0.717, 1.165) is 16.2 Å². The number of aryl methyl sites for hydroxylation is 1. The van der Waals surface area contributed by atoms with Crippen molar-refractivity contribution in [1.82, 2.24) is 0 Å². The summed E-state index contributed by atoms with van der Waals surface area (Å²) in [6.45, 7) is 4.00. The summed E-state index contributed by atoms with van der Waals surface area (Å²) in [5.41, 5.74) is 2.22. The molecule has 0 bridgehead atoms. The summed E-state index contributed by atoms with van der Waals surface area (Å²) < 4.78 is 20.0. The van der Waals surface area contributed by atoms with Gasteiger partial charge in [-0.25, -0.2) is 0 Å². The Balaban J connectivity index is 2.00. The van der Waals surface area contributed by atoms with Gasteiger partial charge in [0.1, 0.15) is 0 Å². The molecule has 0 aliphatic rings. The standard InChI is InChI=1S/C21H21O2P/c1-17-13-15-19(16-14-17)18(2)23-24(22,20-9-5-3-6-10-20)21-11-7-4-8-12-21/h3-16,18H,1-2H3. The summed E-state index contributed by atoms with van der Waals surface area (Å²) in [5, 5.41) is 1.44. The zero-order valence-corrected chi connectivity index (χ0v) is 14.8. The van der Waals surface area contributed by atoms with Gasteiger partial charge in [-0.1, -0.05) is 66.2 Å². The van der Waals surface area contributed by atoms with Gasteiger partial charge in [-0.2, -0.15) is 0 Å². The van der Waals surface area contributed by atoms with Crippen LogP contribution in [0.2, 0.25) is 0 Å². The van der Waals surface area contributed by atoms with Gasteiger partial charge in [0.2, 0.25) is 0 Å². The van der Waals surface area contributed by atoms with Gasteiger partial charge < -0.3 is 4.52 Å². The number of hydrogen-bond acceptors (Lipinski definition) is 2. The lowest BCUT2D eigenvalue weighted by atomic mass is 10.1. The highest BCUT2D eigenvalue weighted by Gasteiger charge is 2.30. The summed E-state index contributed by atoms with van der Waals surface area (Å²) in [6, 6.07) is 27.0. The van der Waals surface area contributed by atoms with E-state index in [4.69, 9.17) is 4.52 Å². The van der Waals surface area contributed by atoms with Crippen LogP contribution in [-0.2, 0) is 9.09 Å². The predicted octanol–water partition coefficient (Wildman–Crippen LogP) is 5.00. The molecule has 3 aromatic carbocycles. The van der Waals surface area contributed by atoms with Crippen molar-refractivity contribution in [3.63, 3.8) is 0 Å². The Morgan fingerprint density at radius 2 is 1.21 bits per heavy atom. The normalized spacial score (nSPS) is 12.8. The average Bonchev–Trinajstić information content (AvgIpc) is 2.63. The van der Waals surface area contributed by atoms with Crippen LogP contribution in [0.3, 0.4) is 0 Å². The zero-order valence-electron chi connectivity index (χ0n) is 13.9. The van der Waals surface area contributed by atoms with E-state index in [0.29, 0.717) is 0 Å². The molecule has 1 unspecified atom stereocenters. The molecule has 0 N–H and O–H groups in total. The molecular weight excluding hydrogens is 315 g/mol. The molecule has 3 heteroatoms. The summed E-state index contributed by atoms with van der Waals surface area (Å²) >= 11 is 0. The fraction of sp³-hybridized carbons (Fsp3) is 0.143. The van der Waals surface area contributed by atoms with Crippen LogP contribution in [0.1, 0.15) is 24.2 Å². The molecule has 0 fully saturated rings. The minimum atomic E-state index is -3.16. The summed E-state index contributed by atoms with van der Waals surface area (Å²) in [6.07, 6.45) is -0.267. The molecule has 2 nitrogen and oxygen atoms in total. The second-order valence-electron chi connectivity index (χ2n) is 5.88. The lowest BCUT2D eigenvalue weighted by Crippen LogP contribution is -2.19. The first kappa shape index (κ1) is 16.7. The van der Waals surface area contributed by atoms with Gasteiger partial charge in [-0.3, -0.25) is 4.57 Å². The molecule has 0 aliphatic carbocycles. The number of rotatable bonds is 5. The molecule has 0 aliphatic heterocycles. The van der Waals surface area contributed by atoms with E-state index >= 15 is 0 Å². The van der Waals surface area contributed by atoms with E-state index in [1.165, 1.54) is 5.56 Å². The third kappa shape index (κ3) is 3.51. The van der Waals surface area contributed by atoms with E-state index < -0.39 is 7.37 Å². The summed E-state index contributed by atoms with van der Waals surface area (Å²) in [5.74, 6) is 0. The highest BCUT2D eigenvalue weighted by atomic mass is 31.2. The lowest BCUT2D eigenvalue weighted by molar-refractivity contribution is 0.238. The first-order valence-electron chi connectivity index (χ1n) is 8.06. The van der Waals surface area contributed by atoms with Crippen LogP contribution < -0.4 is 10.6 Å². The van der Waals surface area contributed by atoms with E-state index in [9.17, 15) is 4.57 Å². The Hall–Kier alpha value is -2.15. The van der Waals surface area contributed by atoms with Crippen molar-refractivity contribution in [2.24, 2.45) is 0 Å². The van der Waals surface area contributed by atoms with Crippen LogP contribution in [0.4, 0.5) is 0 Å². The maximum atomic E-state index is 13.8. The molecule has 24 heavy (non-hydrogen) atoms. The van der Waals surface area contributed by atoms with Crippen LogP contribution in [-0.4, -0.2) is 0 Å². The zero-order chi connectivity index (χ0) is 17.0. The Kier molecular flexibility index (Phi) is 4.99. The van der Waals surface area contributed by atoms with Gasteiger partial charge in [0, 0.05) is 10.6 Å². The monoisotopic (exact) mass is 336 g/mol. The van der Waals surface area contributed by atoms with Crippen LogP contribution in [0.15, 0.2) is 84.9 Å². The molecule has 3 rings (SSSR count). The summed E-state index contributed by atoms with van der Waals surface area (Å²) in [4.78, 5) is 0. The SMILES string of the molecule is Cc1ccc(C(C)OP(=O)(c2ccccc2)c2ccccc2)cc1. The number of benzene rings is 3. The van der Waals surface area contributed by atoms with Gasteiger partial charge in [-0.05, 0) is 43.7 Å². The Morgan fingerprint density at radius 3 is 1.67 bits per heavy atom. The van der Waals surface area contributed by atoms with E-state index in [1.54, 1.807) is 0 Å². The predicted molar refractivity (Wildman–Crippen MR) is 100 cm³/mol. The molecular formula is C21H21O2P. The third-order valence-electron chi connectivity index (χ3n) is 4.05. The lowest BCUT2D eigenvalue weighted by Gasteiger charge is -2.24. The first-order valence-corrected chi connectivity index (χ1v) is 9.68. The third-order valence-corrected chi connectivity index (χ3v) is 6.61. The second-order valence-corrected chi connectivity index (χ2v) is 8.23. The Bertz CT molecular complexity index is 783. The molecule has 3 aromatic rings. The van der Waals surface area contributed by atoms with Crippen LogP contribution >= 0.6 is 7.37 Å². The van der Waals surface area contributed by atoms with Gasteiger partial charge in [0.25, 0.3) is 7.37 Å². The summed E-state index contributed by atoms with van der Waals surface area (Å²) in [7, 11) is -3.16. The fourth-order valence-electron chi connectivity index (χ4n) is 2.64. The molecule has 1 atom stereocenters. The molecule has 0 saturated heterocycles. The van der Waals surface area contributed by atoms with Crippen molar-refractivity contribution in [3.8, 4) is 0 Å². The average molecular weight is 336 g/mol. The quantitative estimate of drug-likeness (QED) is 0.613. The maximum Gasteiger partial charge on any atom is 0.261 e. The van der Waals surface area contributed by atoms with Crippen LogP contribution in [0.5, 0.6) is 0 Å². The first-order chi connectivity index (χ1) is 11.6. The van der Waals surface area contributed by atoms with Crippen molar-refractivity contribution < 1.29 is 9.09 Å². The minimum Gasteiger partial charge on any atom is -0.314 e. The molecule has 0 amide bonds. The van der Waals surface area contributed by atoms with Gasteiger partial charge in [0.05, 0.1) is 6.10 Å². The highest BCUT2D eigenvalue weighted by molar-refractivity contribution is 7.74. The van der Waals surface area contributed by atoms with Gasteiger partial charge >= 0.3 is 0 Å². The highest BCUT2D eigenvalue weighted by Crippen LogP contribution is 2.48. The molecule has 0 aromatic heterocycles. The van der Waals surface area contributed by atoms with Crippen molar-refractivity contribution in [2.45, 2.75) is 20.0 Å². The maximum absolute atomic E-state index is 13.8. The Labute approximate surface area is 143 Å². The van der Waals surface area contributed by atoms with Crippen LogP contribution in [0.25, 0.3) is 0 Å². The van der Waals surface area contributed by atoms with Gasteiger partial charge in [0.15, 0.2) is 0 Å². The second kappa shape index (κ2) is 7.17. The van der Waals surface area contributed by atoms with Crippen molar-refractivity contribution in [3.05, 3.63) is 96.1 Å². The largest absolute Gasteiger partial charge is 0.314 e.